The lowest BCUT2D eigenvalue weighted by atomic mass is 10.6. The van der Waals surface area contributed by atoms with Crippen molar-refractivity contribution in [2.24, 2.45) is 0 Å². The molecule has 0 spiro atoms. The molecule has 0 atom stereocenters. The first-order valence-electron chi connectivity index (χ1n) is 5.59. The van der Waals surface area contributed by atoms with E-state index in [1.165, 1.54) is 0 Å². The van der Waals surface area contributed by atoms with Crippen molar-refractivity contribution in [3.63, 3.8) is 0 Å². The van der Waals surface area contributed by atoms with Crippen molar-refractivity contribution < 1.29 is 23.8 Å². The second kappa shape index (κ2) is 11.0. The standard InChI is InChI=1S/C10H20N2O5/c1-3-16-9(13)11-5-7-15-8-6-12-10(14)17-4-2/h3-8H2,1-2H3,(H,11,13)(H,12,14). The van der Waals surface area contributed by atoms with Gasteiger partial charge < -0.3 is 24.8 Å². The molecule has 7 nitrogen and oxygen atoms in total. The van der Waals surface area contributed by atoms with E-state index in [9.17, 15) is 9.59 Å². The van der Waals surface area contributed by atoms with Crippen molar-refractivity contribution >= 4 is 12.2 Å². The molecule has 0 saturated carbocycles. The van der Waals surface area contributed by atoms with Crippen LogP contribution in [0.1, 0.15) is 13.8 Å². The molecule has 7 heteroatoms. The van der Waals surface area contributed by atoms with Crippen molar-refractivity contribution in [2.75, 3.05) is 39.5 Å². The zero-order valence-corrected chi connectivity index (χ0v) is 10.3. The minimum Gasteiger partial charge on any atom is -0.450 e. The van der Waals surface area contributed by atoms with Crippen LogP contribution < -0.4 is 10.6 Å². The van der Waals surface area contributed by atoms with E-state index in [0.717, 1.165) is 0 Å². The van der Waals surface area contributed by atoms with Crippen LogP contribution in [-0.2, 0) is 14.2 Å². The molecule has 0 fully saturated rings. The van der Waals surface area contributed by atoms with Crippen LogP contribution >= 0.6 is 0 Å². The van der Waals surface area contributed by atoms with Crippen molar-refractivity contribution in [1.82, 2.24) is 10.6 Å². The molecule has 0 aromatic heterocycles. The van der Waals surface area contributed by atoms with Crippen molar-refractivity contribution in [2.45, 2.75) is 13.8 Å². The van der Waals surface area contributed by atoms with Crippen LogP contribution in [0, 0.1) is 0 Å². The van der Waals surface area contributed by atoms with Gasteiger partial charge in [0.05, 0.1) is 26.4 Å². The summed E-state index contributed by atoms with van der Waals surface area (Å²) in [6, 6.07) is 0. The van der Waals surface area contributed by atoms with Gasteiger partial charge in [0.15, 0.2) is 0 Å². The van der Waals surface area contributed by atoms with E-state index in [2.05, 4.69) is 20.1 Å². The summed E-state index contributed by atoms with van der Waals surface area (Å²) in [5, 5.41) is 5.01. The lowest BCUT2D eigenvalue weighted by Gasteiger charge is -2.07. The molecular weight excluding hydrogens is 228 g/mol. The first kappa shape index (κ1) is 15.5. The lowest BCUT2D eigenvalue weighted by Crippen LogP contribution is -2.30. The molecule has 0 bridgehead atoms. The Morgan fingerprint density at radius 1 is 0.882 bits per heavy atom. The molecule has 0 aliphatic rings. The maximum atomic E-state index is 10.8. The Bertz CT molecular complexity index is 201. The third-order valence-corrected chi connectivity index (χ3v) is 1.58. The Morgan fingerprint density at radius 3 is 1.65 bits per heavy atom. The monoisotopic (exact) mass is 248 g/mol. The third kappa shape index (κ3) is 10.8. The smallest absolute Gasteiger partial charge is 0.407 e. The summed E-state index contributed by atoms with van der Waals surface area (Å²) < 4.78 is 14.4. The predicted octanol–water partition coefficient (Wildman–Crippen LogP) is 0.495. The number of carbonyl (C=O) groups excluding carboxylic acids is 2. The SMILES string of the molecule is CCOC(=O)NCCOCCNC(=O)OCC. The van der Waals surface area contributed by atoms with Gasteiger partial charge in [0.25, 0.3) is 0 Å². The number of alkyl carbamates (subject to hydrolysis) is 2. The maximum absolute atomic E-state index is 10.8. The summed E-state index contributed by atoms with van der Waals surface area (Å²) in [6.45, 7) is 5.63. The van der Waals surface area contributed by atoms with Gasteiger partial charge in [0.2, 0.25) is 0 Å². The van der Waals surface area contributed by atoms with Gasteiger partial charge >= 0.3 is 12.2 Å². The van der Waals surface area contributed by atoms with Gasteiger partial charge in [-0.15, -0.1) is 0 Å². The highest BCUT2D eigenvalue weighted by molar-refractivity contribution is 5.67. The Kier molecular flexibility index (Phi) is 10.0. The fraction of sp³-hybridized carbons (Fsp3) is 0.800. The van der Waals surface area contributed by atoms with Gasteiger partial charge in [0.1, 0.15) is 0 Å². The molecule has 0 radical (unpaired) electrons. The molecule has 100 valence electrons. The van der Waals surface area contributed by atoms with Crippen molar-refractivity contribution in [3.8, 4) is 0 Å². The molecule has 0 aliphatic carbocycles. The van der Waals surface area contributed by atoms with E-state index in [1.54, 1.807) is 13.8 Å². The van der Waals surface area contributed by atoms with Gasteiger partial charge in [-0.05, 0) is 13.8 Å². The number of nitrogens with one attached hydrogen (secondary N) is 2. The molecule has 0 aromatic carbocycles. The molecule has 2 N–H and O–H groups in total. The van der Waals surface area contributed by atoms with E-state index in [4.69, 9.17) is 4.74 Å². The number of ether oxygens (including phenoxy) is 3. The topological polar surface area (TPSA) is 85.9 Å². The molecule has 0 aliphatic heterocycles. The van der Waals surface area contributed by atoms with Gasteiger partial charge in [-0.3, -0.25) is 0 Å². The van der Waals surface area contributed by atoms with Crippen LogP contribution in [0.5, 0.6) is 0 Å². The van der Waals surface area contributed by atoms with Crippen LogP contribution in [0.4, 0.5) is 9.59 Å². The average Bonchev–Trinajstić information content (AvgIpc) is 2.28. The summed E-state index contributed by atoms with van der Waals surface area (Å²) >= 11 is 0. The van der Waals surface area contributed by atoms with E-state index in [-0.39, 0.29) is 0 Å². The van der Waals surface area contributed by atoms with Crippen molar-refractivity contribution in [3.05, 3.63) is 0 Å². The second-order valence-electron chi connectivity index (χ2n) is 2.91. The first-order chi connectivity index (χ1) is 8.20. The fourth-order valence-electron chi connectivity index (χ4n) is 0.917. The number of hydrogen-bond donors (Lipinski definition) is 2. The van der Waals surface area contributed by atoms with E-state index in [0.29, 0.717) is 39.5 Å². The highest BCUT2D eigenvalue weighted by Crippen LogP contribution is 1.79. The molecule has 0 rings (SSSR count). The first-order valence-corrected chi connectivity index (χ1v) is 5.59. The summed E-state index contributed by atoms with van der Waals surface area (Å²) in [6.07, 6.45) is -0.915. The Labute approximate surface area is 101 Å². The number of carbonyl (C=O) groups is 2. The van der Waals surface area contributed by atoms with Crippen LogP contribution in [0.2, 0.25) is 0 Å². The second-order valence-corrected chi connectivity index (χ2v) is 2.91. The van der Waals surface area contributed by atoms with Crippen molar-refractivity contribution in [1.29, 1.82) is 0 Å². The summed E-state index contributed by atoms with van der Waals surface area (Å²) in [5.74, 6) is 0. The lowest BCUT2D eigenvalue weighted by molar-refractivity contribution is 0.119. The average molecular weight is 248 g/mol. The number of hydrogen-bond acceptors (Lipinski definition) is 5. The Balaban J connectivity index is 3.18. The normalized spacial score (nSPS) is 9.53. The van der Waals surface area contributed by atoms with Gasteiger partial charge in [0, 0.05) is 13.1 Å². The van der Waals surface area contributed by atoms with E-state index >= 15 is 0 Å². The van der Waals surface area contributed by atoms with Gasteiger partial charge in [-0.1, -0.05) is 0 Å². The quantitative estimate of drug-likeness (QED) is 0.611. The fourth-order valence-corrected chi connectivity index (χ4v) is 0.917. The highest BCUT2D eigenvalue weighted by Gasteiger charge is 1.99. The third-order valence-electron chi connectivity index (χ3n) is 1.58. The summed E-state index contributed by atoms with van der Waals surface area (Å²) in [5.41, 5.74) is 0. The number of amides is 2. The molecular formula is C10H20N2O5. The molecule has 2 amide bonds. The Morgan fingerprint density at radius 2 is 1.29 bits per heavy atom. The van der Waals surface area contributed by atoms with E-state index in [1.807, 2.05) is 0 Å². The van der Waals surface area contributed by atoms with Gasteiger partial charge in [-0.2, -0.15) is 0 Å². The summed E-state index contributed by atoms with van der Waals surface area (Å²) in [4.78, 5) is 21.7. The number of rotatable bonds is 8. The molecule has 0 heterocycles. The minimum atomic E-state index is -0.458. The van der Waals surface area contributed by atoms with E-state index < -0.39 is 12.2 Å². The van der Waals surface area contributed by atoms with Crippen LogP contribution in [-0.4, -0.2) is 51.7 Å². The zero-order chi connectivity index (χ0) is 12.9. The highest BCUT2D eigenvalue weighted by atomic mass is 16.6. The molecule has 17 heavy (non-hydrogen) atoms. The van der Waals surface area contributed by atoms with Crippen LogP contribution in [0.3, 0.4) is 0 Å². The zero-order valence-electron chi connectivity index (χ0n) is 10.3. The largest absolute Gasteiger partial charge is 0.450 e. The van der Waals surface area contributed by atoms with Gasteiger partial charge in [-0.25, -0.2) is 9.59 Å². The molecule has 0 unspecified atom stereocenters. The molecule has 0 saturated heterocycles. The summed E-state index contributed by atoms with van der Waals surface area (Å²) in [7, 11) is 0. The van der Waals surface area contributed by atoms with Crippen LogP contribution in [0.15, 0.2) is 0 Å². The Hall–Kier alpha value is -1.50. The maximum Gasteiger partial charge on any atom is 0.407 e. The van der Waals surface area contributed by atoms with Crippen LogP contribution in [0.25, 0.3) is 0 Å². The minimum absolute atomic E-state index is 0.343. The predicted molar refractivity (Wildman–Crippen MR) is 60.9 cm³/mol. The molecule has 0 aromatic rings.